The molecule has 0 aliphatic heterocycles. The number of benzene rings is 2. The number of amides is 1. The molecule has 8 heteroatoms. The quantitative estimate of drug-likeness (QED) is 0.595. The molecular weight excluding hydrogens is 378 g/mol. The van der Waals surface area contributed by atoms with Gasteiger partial charge in [0.2, 0.25) is 6.10 Å². The zero-order valence-corrected chi connectivity index (χ0v) is 14.6. The van der Waals surface area contributed by atoms with Gasteiger partial charge in [-0.2, -0.15) is 13.2 Å². The summed E-state index contributed by atoms with van der Waals surface area (Å²) >= 11 is 0. The summed E-state index contributed by atoms with van der Waals surface area (Å²) in [4.78, 5) is 24.7. The second-order valence-corrected chi connectivity index (χ2v) is 6.58. The number of carbonyl (C=O) groups is 2. The second-order valence-electron chi connectivity index (χ2n) is 6.58. The van der Waals surface area contributed by atoms with E-state index in [-0.39, 0.29) is 17.2 Å². The Labute approximate surface area is 158 Å². The Morgan fingerprint density at radius 3 is 2.39 bits per heavy atom. The third-order valence-electron chi connectivity index (χ3n) is 4.19. The first-order chi connectivity index (χ1) is 13.2. The molecule has 2 aromatic rings. The minimum atomic E-state index is -4.53. The number of nitrogens with one attached hydrogen (secondary N) is 1. The van der Waals surface area contributed by atoms with Gasteiger partial charge in [-0.1, -0.05) is 30.3 Å². The van der Waals surface area contributed by atoms with E-state index in [1.807, 2.05) is 0 Å². The van der Waals surface area contributed by atoms with Crippen molar-refractivity contribution in [2.24, 2.45) is 0 Å². The lowest BCUT2D eigenvalue weighted by atomic mass is 10.1. The van der Waals surface area contributed by atoms with E-state index in [9.17, 15) is 27.2 Å². The van der Waals surface area contributed by atoms with E-state index in [2.05, 4.69) is 5.32 Å². The minimum Gasteiger partial charge on any atom is -0.447 e. The number of esters is 1. The van der Waals surface area contributed by atoms with Gasteiger partial charge in [0, 0.05) is 11.6 Å². The predicted molar refractivity (Wildman–Crippen MR) is 91.5 cm³/mol. The first kappa shape index (κ1) is 19.9. The molecule has 0 saturated heterocycles. The molecular formula is C20H17F4NO3. The Balaban J connectivity index is 1.73. The lowest BCUT2D eigenvalue weighted by Crippen LogP contribution is -2.33. The highest BCUT2D eigenvalue weighted by molar-refractivity contribution is 5.85. The van der Waals surface area contributed by atoms with Gasteiger partial charge >= 0.3 is 12.1 Å². The van der Waals surface area contributed by atoms with Crippen molar-refractivity contribution in [1.29, 1.82) is 0 Å². The minimum absolute atomic E-state index is 0.0117. The summed E-state index contributed by atoms with van der Waals surface area (Å²) in [7, 11) is 0. The van der Waals surface area contributed by atoms with Crippen LogP contribution in [0.3, 0.4) is 0 Å². The third kappa shape index (κ3) is 5.31. The molecule has 0 radical (unpaired) electrons. The molecule has 1 aliphatic rings. The van der Waals surface area contributed by atoms with Gasteiger partial charge < -0.3 is 10.1 Å². The maximum Gasteiger partial charge on any atom is 0.416 e. The van der Waals surface area contributed by atoms with Crippen LogP contribution in [0, 0.1) is 5.82 Å². The fraction of sp³-hybridized carbons (Fsp3) is 0.300. The number of ether oxygens (including phenoxy) is 1. The topological polar surface area (TPSA) is 55.4 Å². The van der Waals surface area contributed by atoms with Crippen molar-refractivity contribution in [1.82, 2.24) is 5.32 Å². The summed E-state index contributed by atoms with van der Waals surface area (Å²) in [5, 5.41) is 2.71. The number of carbonyl (C=O) groups excluding carboxylic acids is 2. The third-order valence-corrected chi connectivity index (χ3v) is 4.19. The molecule has 0 bridgehead atoms. The normalized spacial score (nSPS) is 15.0. The standard InChI is InChI=1S/C20H17F4NO3/c21-15-6-4-13(5-7-15)18(19(27)25-16-8-9-16)28-17(26)11-12-2-1-3-14(10-12)20(22,23)24/h1-7,10,16,18H,8-9,11H2,(H,25,27). The van der Waals surface area contributed by atoms with Crippen molar-refractivity contribution < 1.29 is 31.9 Å². The molecule has 0 heterocycles. The molecule has 1 atom stereocenters. The van der Waals surface area contributed by atoms with Crippen LogP contribution in [0.15, 0.2) is 48.5 Å². The Kier molecular flexibility index (Phi) is 5.67. The first-order valence-corrected chi connectivity index (χ1v) is 8.64. The molecule has 28 heavy (non-hydrogen) atoms. The van der Waals surface area contributed by atoms with E-state index in [4.69, 9.17) is 4.74 Å². The lowest BCUT2D eigenvalue weighted by molar-refractivity contribution is -0.156. The van der Waals surface area contributed by atoms with Crippen LogP contribution in [0.25, 0.3) is 0 Å². The highest BCUT2D eigenvalue weighted by Gasteiger charge is 2.32. The average molecular weight is 395 g/mol. The Morgan fingerprint density at radius 1 is 1.11 bits per heavy atom. The number of rotatable bonds is 6. The van der Waals surface area contributed by atoms with Crippen molar-refractivity contribution in [3.05, 3.63) is 71.0 Å². The fourth-order valence-electron chi connectivity index (χ4n) is 2.61. The fourth-order valence-corrected chi connectivity index (χ4v) is 2.61. The summed E-state index contributed by atoms with van der Waals surface area (Å²) in [5.41, 5.74) is -0.489. The molecule has 1 unspecified atom stereocenters. The summed E-state index contributed by atoms with van der Waals surface area (Å²) < 4.78 is 56.8. The first-order valence-electron chi connectivity index (χ1n) is 8.64. The number of halogens is 4. The van der Waals surface area contributed by atoms with Gasteiger partial charge in [0.25, 0.3) is 5.91 Å². The van der Waals surface area contributed by atoms with Gasteiger partial charge in [0.15, 0.2) is 0 Å². The van der Waals surface area contributed by atoms with Crippen molar-refractivity contribution >= 4 is 11.9 Å². The summed E-state index contributed by atoms with van der Waals surface area (Å²) in [6.45, 7) is 0. The molecule has 2 aromatic carbocycles. The molecule has 4 nitrogen and oxygen atoms in total. The summed E-state index contributed by atoms with van der Waals surface area (Å²) in [6, 6.07) is 9.25. The van der Waals surface area contributed by atoms with Crippen LogP contribution in [0.1, 0.15) is 35.6 Å². The SMILES string of the molecule is O=C(Cc1cccc(C(F)(F)F)c1)OC(C(=O)NC1CC1)c1ccc(F)cc1. The van der Waals surface area contributed by atoms with Crippen LogP contribution >= 0.6 is 0 Å². The zero-order chi connectivity index (χ0) is 20.3. The van der Waals surface area contributed by atoms with Crippen LogP contribution < -0.4 is 5.32 Å². The average Bonchev–Trinajstić information content (AvgIpc) is 3.44. The van der Waals surface area contributed by atoms with E-state index in [0.29, 0.717) is 0 Å². The van der Waals surface area contributed by atoms with E-state index in [1.54, 1.807) is 0 Å². The van der Waals surface area contributed by atoms with Gasteiger partial charge in [-0.15, -0.1) is 0 Å². The molecule has 1 amide bonds. The monoisotopic (exact) mass is 395 g/mol. The van der Waals surface area contributed by atoms with Gasteiger partial charge in [0.05, 0.1) is 12.0 Å². The molecule has 1 saturated carbocycles. The molecule has 1 fully saturated rings. The van der Waals surface area contributed by atoms with Gasteiger partial charge in [-0.3, -0.25) is 9.59 Å². The number of hydrogen-bond acceptors (Lipinski definition) is 3. The molecule has 1 aliphatic carbocycles. The maximum absolute atomic E-state index is 13.2. The highest BCUT2D eigenvalue weighted by Crippen LogP contribution is 2.30. The van der Waals surface area contributed by atoms with Crippen LogP contribution in [0.5, 0.6) is 0 Å². The highest BCUT2D eigenvalue weighted by atomic mass is 19.4. The van der Waals surface area contributed by atoms with Crippen molar-refractivity contribution in [2.75, 3.05) is 0 Å². The molecule has 1 N–H and O–H groups in total. The zero-order valence-electron chi connectivity index (χ0n) is 14.6. The van der Waals surface area contributed by atoms with Crippen LogP contribution in [-0.4, -0.2) is 17.9 Å². The lowest BCUT2D eigenvalue weighted by Gasteiger charge is -2.18. The van der Waals surface area contributed by atoms with E-state index in [1.165, 1.54) is 24.3 Å². The number of alkyl halides is 3. The predicted octanol–water partition coefficient (Wildman–Crippen LogP) is 3.95. The van der Waals surface area contributed by atoms with E-state index < -0.39 is 42.0 Å². The second kappa shape index (κ2) is 8.00. The Morgan fingerprint density at radius 2 is 1.79 bits per heavy atom. The van der Waals surface area contributed by atoms with Crippen molar-refractivity contribution in [2.45, 2.75) is 37.6 Å². The smallest absolute Gasteiger partial charge is 0.416 e. The van der Waals surface area contributed by atoms with Crippen molar-refractivity contribution in [3.8, 4) is 0 Å². The number of hydrogen-bond donors (Lipinski definition) is 1. The summed E-state index contributed by atoms with van der Waals surface area (Å²) in [6.07, 6.45) is -4.63. The van der Waals surface area contributed by atoms with Crippen molar-refractivity contribution in [3.63, 3.8) is 0 Å². The molecule has 148 valence electrons. The van der Waals surface area contributed by atoms with Crippen LogP contribution in [0.2, 0.25) is 0 Å². The van der Waals surface area contributed by atoms with E-state index in [0.717, 1.165) is 37.1 Å². The molecule has 0 aromatic heterocycles. The molecule has 0 spiro atoms. The largest absolute Gasteiger partial charge is 0.447 e. The Bertz CT molecular complexity index is 860. The Hall–Kier alpha value is -2.90. The molecule has 3 rings (SSSR count). The van der Waals surface area contributed by atoms with Gasteiger partial charge in [-0.05, 0) is 36.6 Å². The summed E-state index contributed by atoms with van der Waals surface area (Å²) in [5.74, 6) is -1.92. The van der Waals surface area contributed by atoms with Gasteiger partial charge in [-0.25, -0.2) is 4.39 Å². The van der Waals surface area contributed by atoms with Gasteiger partial charge in [0.1, 0.15) is 5.82 Å². The van der Waals surface area contributed by atoms with Crippen LogP contribution in [-0.2, 0) is 26.9 Å². The van der Waals surface area contributed by atoms with E-state index >= 15 is 0 Å². The maximum atomic E-state index is 13.2. The van der Waals surface area contributed by atoms with Crippen LogP contribution in [0.4, 0.5) is 17.6 Å².